The lowest BCUT2D eigenvalue weighted by atomic mass is 9.78. The quantitative estimate of drug-likeness (QED) is 0.667. The number of carbonyl (C=O) groups excluding carboxylic acids is 1. The van der Waals surface area contributed by atoms with Crippen LogP contribution in [0.4, 0.5) is 18.9 Å². The Morgan fingerprint density at radius 1 is 1.21 bits per heavy atom. The average Bonchev–Trinajstić information content (AvgIpc) is 2.78. The van der Waals surface area contributed by atoms with Crippen molar-refractivity contribution < 1.29 is 18.0 Å². The van der Waals surface area contributed by atoms with Gasteiger partial charge in [0.15, 0.2) is 5.70 Å². The number of anilines is 1. The number of alkyl halides is 3. The number of nitrogens with one attached hydrogen (secondary N) is 1. The zero-order valence-electron chi connectivity index (χ0n) is 18.1. The van der Waals surface area contributed by atoms with Crippen LogP contribution in [0.5, 0.6) is 0 Å². The fraction of sp³-hybridized carbons (Fsp3) is 0.250. The van der Waals surface area contributed by atoms with Crippen LogP contribution in [0, 0.1) is 29.2 Å². The van der Waals surface area contributed by atoms with Crippen molar-refractivity contribution in [3.8, 4) is 6.07 Å². The summed E-state index contributed by atoms with van der Waals surface area (Å²) in [6.45, 7) is 9.35. The third kappa shape index (κ3) is 4.31. The van der Waals surface area contributed by atoms with Crippen molar-refractivity contribution in [2.24, 2.45) is 5.92 Å². The van der Waals surface area contributed by atoms with Gasteiger partial charge in [-0.05, 0) is 42.8 Å². The molecule has 33 heavy (non-hydrogen) atoms. The molecule has 3 rings (SSSR count). The van der Waals surface area contributed by atoms with Crippen molar-refractivity contribution in [3.05, 3.63) is 88.0 Å². The molecule has 0 fully saturated rings. The third-order valence-corrected chi connectivity index (χ3v) is 5.53. The van der Waals surface area contributed by atoms with Crippen LogP contribution in [0.3, 0.4) is 0 Å². The highest BCUT2D eigenvalue weighted by Crippen LogP contribution is 2.44. The summed E-state index contributed by atoms with van der Waals surface area (Å²) in [6.07, 6.45) is -4.59. The molecule has 9 heteroatoms. The topological polar surface area (TPSA) is 75.6 Å². The summed E-state index contributed by atoms with van der Waals surface area (Å²) in [5.74, 6) is -2.65. The van der Waals surface area contributed by atoms with E-state index in [1.165, 1.54) is 36.0 Å². The number of hydrogen-bond donors (Lipinski definition) is 1. The maximum absolute atomic E-state index is 13.3. The monoisotopic (exact) mass is 451 g/mol. The number of allylic oxidation sites excluding steroid dienone is 2. The van der Waals surface area contributed by atoms with E-state index in [2.05, 4.69) is 4.85 Å². The molecule has 1 amide bonds. The zero-order valence-corrected chi connectivity index (χ0v) is 18.1. The van der Waals surface area contributed by atoms with Crippen LogP contribution in [-0.4, -0.2) is 30.7 Å². The van der Waals surface area contributed by atoms with Gasteiger partial charge in [-0.2, -0.15) is 18.4 Å². The van der Waals surface area contributed by atoms with Gasteiger partial charge < -0.3 is 9.80 Å². The SMILES string of the molecule is [C-]#[N+]C1=C(C)N(c2cccc(C(F)(F)F)c2)C(=N)C(C(=O)N(C)C)C1c1ccc(C#N)cc1. The Kier molecular flexibility index (Phi) is 6.28. The van der Waals surface area contributed by atoms with E-state index in [1.807, 2.05) is 6.07 Å². The number of nitrogens with zero attached hydrogens (tertiary/aromatic N) is 4. The Morgan fingerprint density at radius 3 is 2.36 bits per heavy atom. The predicted octanol–water partition coefficient (Wildman–Crippen LogP) is 5.01. The number of halogens is 3. The first-order valence-electron chi connectivity index (χ1n) is 9.86. The van der Waals surface area contributed by atoms with Crippen molar-refractivity contribution in [2.75, 3.05) is 19.0 Å². The second kappa shape index (κ2) is 8.79. The number of nitriles is 1. The van der Waals surface area contributed by atoms with Gasteiger partial charge in [0.25, 0.3) is 0 Å². The highest BCUT2D eigenvalue weighted by atomic mass is 19.4. The molecule has 2 aromatic carbocycles. The van der Waals surface area contributed by atoms with Crippen molar-refractivity contribution in [3.63, 3.8) is 0 Å². The molecule has 1 aliphatic rings. The molecule has 0 aromatic heterocycles. The normalized spacial score (nSPS) is 18.5. The molecule has 2 aromatic rings. The Morgan fingerprint density at radius 2 is 1.85 bits per heavy atom. The smallest absolute Gasteiger partial charge is 0.348 e. The summed E-state index contributed by atoms with van der Waals surface area (Å²) in [6, 6.07) is 12.9. The first-order valence-corrected chi connectivity index (χ1v) is 9.86. The summed E-state index contributed by atoms with van der Waals surface area (Å²) in [5.41, 5.74) is 0.529. The van der Waals surface area contributed by atoms with E-state index in [9.17, 15) is 18.0 Å². The van der Waals surface area contributed by atoms with Crippen LogP contribution >= 0.6 is 0 Å². The second-order valence-electron chi connectivity index (χ2n) is 7.77. The molecule has 2 atom stereocenters. The van der Waals surface area contributed by atoms with E-state index in [0.29, 0.717) is 11.1 Å². The number of benzene rings is 2. The Labute approximate surface area is 189 Å². The standard InChI is InChI=1S/C24H20F3N5O/c1-14-21(30-2)19(16-10-8-15(13-28)9-11-16)20(23(33)31(3)4)22(29)32(14)18-7-5-6-17(12-18)24(25,26)27/h5-12,19-20,29H,1,3-4H3. The van der Waals surface area contributed by atoms with Gasteiger partial charge in [0.05, 0.1) is 29.7 Å². The molecular weight excluding hydrogens is 431 g/mol. The number of rotatable bonds is 3. The molecule has 0 bridgehead atoms. The van der Waals surface area contributed by atoms with Gasteiger partial charge in [0.1, 0.15) is 5.84 Å². The summed E-state index contributed by atoms with van der Waals surface area (Å²) in [4.78, 5) is 19.3. The minimum absolute atomic E-state index is 0.0447. The van der Waals surface area contributed by atoms with Crippen LogP contribution in [0.1, 0.15) is 29.5 Å². The molecule has 0 saturated carbocycles. The lowest BCUT2D eigenvalue weighted by Gasteiger charge is -2.41. The summed E-state index contributed by atoms with van der Waals surface area (Å²) in [5, 5.41) is 17.9. The lowest BCUT2D eigenvalue weighted by molar-refractivity contribution is -0.137. The summed E-state index contributed by atoms with van der Waals surface area (Å²) >= 11 is 0. The fourth-order valence-electron chi connectivity index (χ4n) is 3.93. The molecule has 168 valence electrons. The molecule has 2 unspecified atom stereocenters. The van der Waals surface area contributed by atoms with Crippen LogP contribution in [0.25, 0.3) is 4.85 Å². The maximum Gasteiger partial charge on any atom is 0.416 e. The molecule has 0 aliphatic carbocycles. The molecular formula is C24H20F3N5O. The zero-order chi connectivity index (χ0) is 24.5. The van der Waals surface area contributed by atoms with Crippen LogP contribution in [0.2, 0.25) is 0 Å². The molecule has 0 saturated heterocycles. The van der Waals surface area contributed by atoms with Crippen LogP contribution in [-0.2, 0) is 11.0 Å². The van der Waals surface area contributed by atoms with E-state index in [4.69, 9.17) is 17.2 Å². The van der Waals surface area contributed by atoms with Gasteiger partial charge in [0, 0.05) is 31.4 Å². The third-order valence-electron chi connectivity index (χ3n) is 5.53. The van der Waals surface area contributed by atoms with Crippen LogP contribution in [0.15, 0.2) is 59.9 Å². The molecule has 1 heterocycles. The number of amides is 1. The van der Waals surface area contributed by atoms with Gasteiger partial charge in [-0.15, -0.1) is 0 Å². The van der Waals surface area contributed by atoms with Gasteiger partial charge >= 0.3 is 6.18 Å². The Balaban J connectivity index is 2.25. The van der Waals surface area contributed by atoms with E-state index in [1.54, 1.807) is 31.2 Å². The summed E-state index contributed by atoms with van der Waals surface area (Å²) < 4.78 is 39.9. The van der Waals surface area contributed by atoms with Crippen molar-refractivity contribution in [2.45, 2.75) is 19.0 Å². The van der Waals surface area contributed by atoms with E-state index in [0.717, 1.165) is 12.1 Å². The van der Waals surface area contributed by atoms with E-state index >= 15 is 0 Å². The van der Waals surface area contributed by atoms with E-state index in [-0.39, 0.29) is 22.9 Å². The highest BCUT2D eigenvalue weighted by Gasteiger charge is 2.45. The fourth-order valence-corrected chi connectivity index (χ4v) is 3.93. The Hall–Kier alpha value is -4.11. The minimum Gasteiger partial charge on any atom is -0.348 e. The van der Waals surface area contributed by atoms with Gasteiger partial charge in [-0.25, -0.2) is 4.85 Å². The van der Waals surface area contributed by atoms with Gasteiger partial charge in [0.2, 0.25) is 5.91 Å². The Bertz CT molecular complexity index is 1220. The van der Waals surface area contributed by atoms with Gasteiger partial charge in [-0.3, -0.25) is 10.2 Å². The molecule has 0 radical (unpaired) electrons. The molecule has 6 nitrogen and oxygen atoms in total. The summed E-state index contributed by atoms with van der Waals surface area (Å²) in [7, 11) is 3.03. The minimum atomic E-state index is -4.59. The lowest BCUT2D eigenvalue weighted by Crippen LogP contribution is -2.49. The van der Waals surface area contributed by atoms with E-state index < -0.39 is 29.5 Å². The van der Waals surface area contributed by atoms with Crippen molar-refractivity contribution >= 4 is 17.4 Å². The highest BCUT2D eigenvalue weighted by molar-refractivity contribution is 6.13. The predicted molar refractivity (Wildman–Crippen MR) is 117 cm³/mol. The number of carbonyl (C=O) groups is 1. The largest absolute Gasteiger partial charge is 0.416 e. The first-order chi connectivity index (χ1) is 15.5. The van der Waals surface area contributed by atoms with Gasteiger partial charge in [-0.1, -0.05) is 18.2 Å². The van der Waals surface area contributed by atoms with Crippen molar-refractivity contribution in [1.29, 1.82) is 10.7 Å². The molecule has 1 aliphatic heterocycles. The first kappa shape index (κ1) is 23.6. The average molecular weight is 451 g/mol. The number of hydrogen-bond acceptors (Lipinski definition) is 3. The molecule has 1 N–H and O–H groups in total. The second-order valence-corrected chi connectivity index (χ2v) is 7.77. The maximum atomic E-state index is 13.3. The van der Waals surface area contributed by atoms with Crippen LogP contribution < -0.4 is 4.90 Å². The van der Waals surface area contributed by atoms with Crippen molar-refractivity contribution in [1.82, 2.24) is 4.90 Å². The number of amidine groups is 1. The molecule has 0 spiro atoms.